The lowest BCUT2D eigenvalue weighted by Crippen LogP contribution is -2.12. The number of para-hydroxylation sites is 1. The van der Waals surface area contributed by atoms with Crippen LogP contribution in [0, 0.1) is 0 Å². The third kappa shape index (κ3) is 4.27. The predicted octanol–water partition coefficient (Wildman–Crippen LogP) is 4.03. The highest BCUT2D eigenvalue weighted by Gasteiger charge is 2.14. The van der Waals surface area contributed by atoms with Crippen LogP contribution in [0.1, 0.15) is 0 Å². The summed E-state index contributed by atoms with van der Waals surface area (Å²) < 4.78 is 29.6. The van der Waals surface area contributed by atoms with Gasteiger partial charge in [-0.25, -0.2) is 18.4 Å². The number of hydrogen-bond donors (Lipinski definition) is 2. The van der Waals surface area contributed by atoms with Gasteiger partial charge in [0.05, 0.1) is 16.3 Å². The zero-order valence-corrected chi connectivity index (χ0v) is 16.5. The first-order valence-corrected chi connectivity index (χ1v) is 10.4. The molecule has 0 radical (unpaired) electrons. The summed E-state index contributed by atoms with van der Waals surface area (Å²) in [5.74, 6) is 0.432. The Balaban J connectivity index is 1.51. The molecular weight excluding hydrogens is 386 g/mol. The Morgan fingerprint density at radius 3 is 2.31 bits per heavy atom. The van der Waals surface area contributed by atoms with Crippen LogP contribution in [0.5, 0.6) is 0 Å². The van der Waals surface area contributed by atoms with E-state index in [9.17, 15) is 8.42 Å². The van der Waals surface area contributed by atoms with Crippen molar-refractivity contribution in [2.45, 2.75) is 4.90 Å². The van der Waals surface area contributed by atoms with Crippen LogP contribution in [-0.2, 0) is 17.1 Å². The number of rotatable bonds is 6. The molecule has 8 heteroatoms. The van der Waals surface area contributed by atoms with Gasteiger partial charge in [0.25, 0.3) is 10.0 Å². The van der Waals surface area contributed by atoms with Crippen molar-refractivity contribution in [1.82, 2.24) is 14.5 Å². The molecule has 0 aliphatic carbocycles. The molecule has 2 aromatic carbocycles. The molecule has 0 unspecified atom stereocenters. The standard InChI is InChI=1S/C21H19N5O2S/c1-26-15-5-8-20(26)19-13-14-22-21(24-19)23-16-9-11-18(12-10-16)29(27,28)25-17-6-3-2-4-7-17/h2-15,25H,1H3,(H,22,23,24). The number of benzene rings is 2. The number of anilines is 3. The van der Waals surface area contributed by atoms with Gasteiger partial charge in [0.1, 0.15) is 0 Å². The van der Waals surface area contributed by atoms with Crippen LogP contribution in [0.2, 0.25) is 0 Å². The molecule has 0 amide bonds. The maximum absolute atomic E-state index is 12.5. The second-order valence-corrected chi connectivity index (χ2v) is 8.07. The minimum Gasteiger partial charge on any atom is -0.349 e. The van der Waals surface area contributed by atoms with Gasteiger partial charge in [0.15, 0.2) is 0 Å². The Labute approximate surface area is 169 Å². The van der Waals surface area contributed by atoms with Crippen LogP contribution in [0.25, 0.3) is 11.4 Å². The van der Waals surface area contributed by atoms with Gasteiger partial charge in [-0.1, -0.05) is 18.2 Å². The first-order chi connectivity index (χ1) is 14.0. The van der Waals surface area contributed by atoms with Gasteiger partial charge in [-0.05, 0) is 54.6 Å². The molecule has 2 aromatic heterocycles. The Morgan fingerprint density at radius 2 is 1.62 bits per heavy atom. The van der Waals surface area contributed by atoms with Crippen molar-refractivity contribution in [3.05, 3.63) is 85.2 Å². The molecule has 7 nitrogen and oxygen atoms in total. The second kappa shape index (κ2) is 7.76. The third-order valence-corrected chi connectivity index (χ3v) is 5.71. The Bertz CT molecular complexity index is 1220. The summed E-state index contributed by atoms with van der Waals surface area (Å²) in [6.45, 7) is 0. The largest absolute Gasteiger partial charge is 0.349 e. The number of aromatic nitrogens is 3. The number of aryl methyl sites for hydroxylation is 1. The van der Waals surface area contributed by atoms with Gasteiger partial charge in [-0.15, -0.1) is 0 Å². The summed E-state index contributed by atoms with van der Waals surface area (Å²) in [6, 6.07) is 21.0. The second-order valence-electron chi connectivity index (χ2n) is 6.39. The van der Waals surface area contributed by atoms with E-state index in [-0.39, 0.29) is 4.90 Å². The van der Waals surface area contributed by atoms with E-state index >= 15 is 0 Å². The Kier molecular flexibility index (Phi) is 5.01. The summed E-state index contributed by atoms with van der Waals surface area (Å²) in [5.41, 5.74) is 2.97. The SMILES string of the molecule is Cn1cccc1-c1ccnc(Nc2ccc(S(=O)(=O)Nc3ccccc3)cc2)n1. The lowest BCUT2D eigenvalue weighted by Gasteiger charge is -2.10. The van der Waals surface area contributed by atoms with E-state index in [0.29, 0.717) is 17.3 Å². The van der Waals surface area contributed by atoms with Gasteiger partial charge in [0.2, 0.25) is 5.95 Å². The highest BCUT2D eigenvalue weighted by Crippen LogP contribution is 2.21. The number of nitrogens with zero attached hydrogens (tertiary/aromatic N) is 3. The van der Waals surface area contributed by atoms with Gasteiger partial charge < -0.3 is 9.88 Å². The quantitative estimate of drug-likeness (QED) is 0.506. The van der Waals surface area contributed by atoms with Crippen molar-refractivity contribution < 1.29 is 8.42 Å². The molecular formula is C21H19N5O2S. The average molecular weight is 405 g/mol. The molecule has 4 rings (SSSR count). The summed E-state index contributed by atoms with van der Waals surface area (Å²) >= 11 is 0. The summed E-state index contributed by atoms with van der Waals surface area (Å²) in [7, 11) is -1.70. The maximum Gasteiger partial charge on any atom is 0.261 e. The predicted molar refractivity (Wildman–Crippen MR) is 113 cm³/mol. The third-order valence-electron chi connectivity index (χ3n) is 4.31. The van der Waals surface area contributed by atoms with Crippen LogP contribution in [0.4, 0.5) is 17.3 Å². The van der Waals surface area contributed by atoms with E-state index in [0.717, 1.165) is 11.4 Å². The summed E-state index contributed by atoms with van der Waals surface area (Å²) in [5, 5.41) is 3.11. The molecule has 0 saturated heterocycles. The fraction of sp³-hybridized carbons (Fsp3) is 0.0476. The molecule has 0 fully saturated rings. The molecule has 2 heterocycles. The normalized spacial score (nSPS) is 11.2. The minimum atomic E-state index is -3.66. The fourth-order valence-electron chi connectivity index (χ4n) is 2.86. The number of nitrogens with one attached hydrogen (secondary N) is 2. The van der Waals surface area contributed by atoms with Crippen molar-refractivity contribution in [1.29, 1.82) is 0 Å². The minimum absolute atomic E-state index is 0.172. The van der Waals surface area contributed by atoms with E-state index in [1.165, 1.54) is 12.1 Å². The average Bonchev–Trinajstić information content (AvgIpc) is 3.15. The molecule has 0 saturated carbocycles. The van der Waals surface area contributed by atoms with Crippen LogP contribution in [-0.4, -0.2) is 23.0 Å². The first kappa shape index (κ1) is 18.7. The molecule has 4 aromatic rings. The van der Waals surface area contributed by atoms with Gasteiger partial charge in [0, 0.05) is 30.8 Å². The molecule has 29 heavy (non-hydrogen) atoms. The van der Waals surface area contributed by atoms with Gasteiger partial charge >= 0.3 is 0 Å². The van der Waals surface area contributed by atoms with Gasteiger partial charge in [-0.2, -0.15) is 0 Å². The smallest absolute Gasteiger partial charge is 0.261 e. The number of hydrogen-bond acceptors (Lipinski definition) is 5. The molecule has 0 spiro atoms. The van der Waals surface area contributed by atoms with Crippen LogP contribution in [0.15, 0.2) is 90.1 Å². The lowest BCUT2D eigenvalue weighted by molar-refractivity contribution is 0.601. The molecule has 0 atom stereocenters. The highest BCUT2D eigenvalue weighted by molar-refractivity contribution is 7.92. The Hall–Kier alpha value is -3.65. The lowest BCUT2D eigenvalue weighted by atomic mass is 10.3. The van der Waals surface area contributed by atoms with Crippen molar-refractivity contribution >= 4 is 27.3 Å². The molecule has 146 valence electrons. The van der Waals surface area contributed by atoms with E-state index in [1.807, 2.05) is 42.1 Å². The van der Waals surface area contributed by atoms with Crippen molar-refractivity contribution in [2.24, 2.45) is 7.05 Å². The molecule has 0 aliphatic heterocycles. The maximum atomic E-state index is 12.5. The van der Waals surface area contributed by atoms with Crippen LogP contribution >= 0.6 is 0 Å². The van der Waals surface area contributed by atoms with E-state index in [4.69, 9.17) is 0 Å². The van der Waals surface area contributed by atoms with Crippen molar-refractivity contribution in [3.8, 4) is 11.4 Å². The Morgan fingerprint density at radius 1 is 0.862 bits per heavy atom. The number of sulfonamides is 1. The zero-order valence-electron chi connectivity index (χ0n) is 15.6. The van der Waals surface area contributed by atoms with Crippen LogP contribution in [0.3, 0.4) is 0 Å². The molecule has 0 bridgehead atoms. The van der Waals surface area contributed by atoms with E-state index < -0.39 is 10.0 Å². The van der Waals surface area contributed by atoms with E-state index in [2.05, 4.69) is 20.0 Å². The molecule has 0 aliphatic rings. The highest BCUT2D eigenvalue weighted by atomic mass is 32.2. The first-order valence-electron chi connectivity index (χ1n) is 8.91. The summed E-state index contributed by atoms with van der Waals surface area (Å²) in [6.07, 6.45) is 3.63. The molecule has 2 N–H and O–H groups in total. The van der Waals surface area contributed by atoms with E-state index in [1.54, 1.807) is 42.6 Å². The monoisotopic (exact) mass is 405 g/mol. The van der Waals surface area contributed by atoms with Gasteiger partial charge in [-0.3, -0.25) is 4.72 Å². The topological polar surface area (TPSA) is 88.9 Å². The summed E-state index contributed by atoms with van der Waals surface area (Å²) in [4.78, 5) is 8.94. The van der Waals surface area contributed by atoms with Crippen LogP contribution < -0.4 is 10.0 Å². The van der Waals surface area contributed by atoms with Crippen molar-refractivity contribution in [2.75, 3.05) is 10.0 Å². The zero-order chi connectivity index (χ0) is 20.3. The fourth-order valence-corrected chi connectivity index (χ4v) is 3.91. The van der Waals surface area contributed by atoms with Crippen molar-refractivity contribution in [3.63, 3.8) is 0 Å².